The van der Waals surface area contributed by atoms with Crippen LogP contribution in [-0.4, -0.2) is 36.0 Å². The van der Waals surface area contributed by atoms with E-state index in [0.29, 0.717) is 16.9 Å². The van der Waals surface area contributed by atoms with Crippen molar-refractivity contribution in [1.82, 2.24) is 5.32 Å². The maximum absolute atomic E-state index is 12.4. The molecule has 0 aliphatic heterocycles. The topological polar surface area (TPSA) is 123 Å². The van der Waals surface area contributed by atoms with Crippen LogP contribution in [0.3, 0.4) is 0 Å². The number of hydrogen-bond donors (Lipinski definition) is 3. The van der Waals surface area contributed by atoms with Gasteiger partial charge in [-0.1, -0.05) is 6.07 Å². The SMILES string of the molecule is CC(=O)Oc1cccc(C(=O)Nc2ccc(NC(=O)CNC(=O)OC(C)(C)C)cc2)c1. The number of carbonyl (C=O) groups is 4. The molecular weight excluding hydrogens is 402 g/mol. The van der Waals surface area contributed by atoms with E-state index in [1.807, 2.05) is 0 Å². The number of alkyl carbamates (subject to hydrolysis) is 1. The third-order valence-corrected chi connectivity index (χ3v) is 3.58. The number of benzene rings is 2. The Kier molecular flexibility index (Phi) is 7.73. The maximum Gasteiger partial charge on any atom is 0.408 e. The molecule has 0 radical (unpaired) electrons. The van der Waals surface area contributed by atoms with Gasteiger partial charge in [-0.3, -0.25) is 14.4 Å². The Hall–Kier alpha value is -3.88. The van der Waals surface area contributed by atoms with Crippen molar-refractivity contribution >= 4 is 35.3 Å². The molecule has 0 fully saturated rings. The first-order valence-electron chi connectivity index (χ1n) is 9.48. The van der Waals surface area contributed by atoms with Crippen molar-refractivity contribution < 1.29 is 28.7 Å². The molecule has 0 aromatic heterocycles. The number of rotatable bonds is 6. The summed E-state index contributed by atoms with van der Waals surface area (Å²) >= 11 is 0. The number of esters is 1. The minimum atomic E-state index is -0.682. The second kappa shape index (κ2) is 10.2. The van der Waals surface area contributed by atoms with Crippen LogP contribution in [0, 0.1) is 0 Å². The molecule has 0 atom stereocenters. The zero-order valence-corrected chi connectivity index (χ0v) is 17.8. The molecule has 2 aromatic rings. The van der Waals surface area contributed by atoms with E-state index >= 15 is 0 Å². The molecule has 9 nitrogen and oxygen atoms in total. The molecule has 9 heteroatoms. The molecule has 0 aliphatic carbocycles. The second-order valence-electron chi connectivity index (χ2n) is 7.56. The van der Waals surface area contributed by atoms with Gasteiger partial charge >= 0.3 is 12.1 Å². The molecule has 3 N–H and O–H groups in total. The van der Waals surface area contributed by atoms with Crippen molar-refractivity contribution in [2.75, 3.05) is 17.2 Å². The smallest absolute Gasteiger partial charge is 0.408 e. The first kappa shape index (κ1) is 23.4. The minimum Gasteiger partial charge on any atom is -0.444 e. The lowest BCUT2D eigenvalue weighted by molar-refractivity contribution is -0.131. The molecule has 0 saturated heterocycles. The predicted octanol–water partition coefficient (Wildman–Crippen LogP) is 3.33. The van der Waals surface area contributed by atoms with Crippen molar-refractivity contribution in [1.29, 1.82) is 0 Å². The van der Waals surface area contributed by atoms with Crippen LogP contribution in [0.1, 0.15) is 38.1 Å². The van der Waals surface area contributed by atoms with Crippen molar-refractivity contribution in [2.24, 2.45) is 0 Å². The van der Waals surface area contributed by atoms with Gasteiger partial charge in [-0.15, -0.1) is 0 Å². The van der Waals surface area contributed by atoms with Crippen LogP contribution in [0.25, 0.3) is 0 Å². The Balaban J connectivity index is 1.87. The van der Waals surface area contributed by atoms with Gasteiger partial charge < -0.3 is 25.4 Å². The molecule has 0 heterocycles. The highest BCUT2D eigenvalue weighted by Crippen LogP contribution is 2.17. The first-order chi connectivity index (χ1) is 14.5. The van der Waals surface area contributed by atoms with Gasteiger partial charge in [0.25, 0.3) is 5.91 Å². The fourth-order valence-electron chi connectivity index (χ4n) is 2.38. The molecule has 0 bridgehead atoms. The van der Waals surface area contributed by atoms with Gasteiger partial charge in [0.15, 0.2) is 0 Å². The summed E-state index contributed by atoms with van der Waals surface area (Å²) in [7, 11) is 0. The summed E-state index contributed by atoms with van der Waals surface area (Å²) in [5.74, 6) is -1.01. The Bertz CT molecular complexity index is 964. The maximum atomic E-state index is 12.4. The van der Waals surface area contributed by atoms with Crippen LogP contribution in [0.4, 0.5) is 16.2 Å². The van der Waals surface area contributed by atoms with Crippen LogP contribution < -0.4 is 20.7 Å². The van der Waals surface area contributed by atoms with Gasteiger partial charge in [0.1, 0.15) is 17.9 Å². The van der Waals surface area contributed by atoms with Crippen LogP contribution in [0.5, 0.6) is 5.75 Å². The predicted molar refractivity (Wildman–Crippen MR) is 115 cm³/mol. The van der Waals surface area contributed by atoms with E-state index in [1.54, 1.807) is 63.2 Å². The zero-order valence-electron chi connectivity index (χ0n) is 17.8. The summed E-state index contributed by atoms with van der Waals surface area (Å²) in [6.45, 7) is 6.21. The Labute approximate surface area is 180 Å². The molecular formula is C22H25N3O6. The quantitative estimate of drug-likeness (QED) is 0.480. The molecule has 2 aromatic carbocycles. The highest BCUT2D eigenvalue weighted by Gasteiger charge is 2.16. The summed E-state index contributed by atoms with van der Waals surface area (Å²) in [4.78, 5) is 47.0. The standard InChI is InChI=1S/C22H25N3O6/c1-14(26)30-18-7-5-6-15(12-18)20(28)25-17-10-8-16(9-11-17)24-19(27)13-23-21(29)31-22(2,3)4/h5-12H,13H2,1-4H3,(H,23,29)(H,24,27)(H,25,28). The normalized spacial score (nSPS) is 10.6. The van der Waals surface area contributed by atoms with Gasteiger partial charge in [0.05, 0.1) is 0 Å². The lowest BCUT2D eigenvalue weighted by Crippen LogP contribution is -2.37. The number of ether oxygens (including phenoxy) is 2. The number of carbonyl (C=O) groups excluding carboxylic acids is 4. The molecule has 3 amide bonds. The number of hydrogen-bond acceptors (Lipinski definition) is 6. The summed E-state index contributed by atoms with van der Waals surface area (Å²) in [6, 6.07) is 12.7. The average Bonchev–Trinajstić information content (AvgIpc) is 2.66. The molecule has 164 valence electrons. The molecule has 0 saturated carbocycles. The van der Waals surface area contributed by atoms with Crippen molar-refractivity contribution in [2.45, 2.75) is 33.3 Å². The average molecular weight is 427 g/mol. The van der Waals surface area contributed by atoms with E-state index in [-0.39, 0.29) is 18.2 Å². The van der Waals surface area contributed by atoms with E-state index < -0.39 is 23.6 Å². The van der Waals surface area contributed by atoms with Gasteiger partial charge in [-0.05, 0) is 63.2 Å². The van der Waals surface area contributed by atoms with E-state index in [2.05, 4.69) is 16.0 Å². The minimum absolute atomic E-state index is 0.244. The summed E-state index contributed by atoms with van der Waals surface area (Å²) in [5, 5.41) is 7.71. The second-order valence-corrected chi connectivity index (χ2v) is 7.56. The summed E-state index contributed by atoms with van der Waals surface area (Å²) in [6.07, 6.45) is -0.682. The van der Waals surface area contributed by atoms with E-state index in [1.165, 1.54) is 13.0 Å². The van der Waals surface area contributed by atoms with Crippen molar-refractivity contribution in [3.8, 4) is 5.75 Å². The van der Waals surface area contributed by atoms with Crippen LogP contribution in [-0.2, 0) is 14.3 Å². The molecule has 0 aliphatic rings. The lowest BCUT2D eigenvalue weighted by atomic mass is 10.2. The molecule has 2 rings (SSSR count). The van der Waals surface area contributed by atoms with Crippen LogP contribution in [0.2, 0.25) is 0 Å². The molecule has 0 spiro atoms. The van der Waals surface area contributed by atoms with Crippen molar-refractivity contribution in [3.05, 3.63) is 54.1 Å². The molecule has 31 heavy (non-hydrogen) atoms. The lowest BCUT2D eigenvalue weighted by Gasteiger charge is -2.19. The highest BCUT2D eigenvalue weighted by atomic mass is 16.6. The van der Waals surface area contributed by atoms with E-state index in [9.17, 15) is 19.2 Å². The molecule has 0 unspecified atom stereocenters. The fraction of sp³-hybridized carbons (Fsp3) is 0.273. The Morgan fingerprint density at radius 3 is 2.10 bits per heavy atom. The van der Waals surface area contributed by atoms with Gasteiger partial charge in [-0.2, -0.15) is 0 Å². The summed E-state index contributed by atoms with van der Waals surface area (Å²) < 4.78 is 10.0. The van der Waals surface area contributed by atoms with Crippen molar-refractivity contribution in [3.63, 3.8) is 0 Å². The van der Waals surface area contributed by atoms with Crippen LogP contribution >= 0.6 is 0 Å². The third-order valence-electron chi connectivity index (χ3n) is 3.58. The Morgan fingerprint density at radius 1 is 0.903 bits per heavy atom. The largest absolute Gasteiger partial charge is 0.444 e. The van der Waals surface area contributed by atoms with Gasteiger partial charge in [0, 0.05) is 23.9 Å². The van der Waals surface area contributed by atoms with Gasteiger partial charge in [-0.25, -0.2) is 4.79 Å². The highest BCUT2D eigenvalue weighted by molar-refractivity contribution is 6.04. The van der Waals surface area contributed by atoms with E-state index in [4.69, 9.17) is 9.47 Å². The third kappa shape index (κ3) is 8.57. The number of anilines is 2. The number of amides is 3. The fourth-order valence-corrected chi connectivity index (χ4v) is 2.38. The summed E-state index contributed by atoms with van der Waals surface area (Å²) in [5.41, 5.74) is 0.672. The van der Waals surface area contributed by atoms with Gasteiger partial charge in [0.2, 0.25) is 5.91 Å². The zero-order chi connectivity index (χ0) is 23.0. The Morgan fingerprint density at radius 2 is 1.52 bits per heavy atom. The van der Waals surface area contributed by atoms with Crippen LogP contribution in [0.15, 0.2) is 48.5 Å². The van der Waals surface area contributed by atoms with E-state index in [0.717, 1.165) is 0 Å². The first-order valence-corrected chi connectivity index (χ1v) is 9.48. The monoisotopic (exact) mass is 427 g/mol. The number of nitrogens with one attached hydrogen (secondary N) is 3.